The van der Waals surface area contributed by atoms with Crippen LogP contribution in [0.3, 0.4) is 0 Å². The lowest BCUT2D eigenvalue weighted by molar-refractivity contribution is -0.113. The normalized spacial score (nSPS) is 10.9. The zero-order valence-electron chi connectivity index (χ0n) is 16.3. The van der Waals surface area contributed by atoms with Gasteiger partial charge in [0.1, 0.15) is 10.7 Å². The molecule has 0 saturated carbocycles. The van der Waals surface area contributed by atoms with E-state index in [0.29, 0.717) is 27.5 Å². The minimum absolute atomic E-state index is 0.171. The number of anilines is 1. The molecule has 0 fully saturated rings. The number of thiazole rings is 1. The summed E-state index contributed by atoms with van der Waals surface area (Å²) in [7, 11) is 0. The van der Waals surface area contributed by atoms with Gasteiger partial charge in [-0.05, 0) is 32.2 Å². The van der Waals surface area contributed by atoms with Crippen molar-refractivity contribution < 1.29 is 14.3 Å². The van der Waals surface area contributed by atoms with Crippen LogP contribution in [0.25, 0.3) is 0 Å². The summed E-state index contributed by atoms with van der Waals surface area (Å²) in [4.78, 5) is 30.1. The van der Waals surface area contributed by atoms with Gasteiger partial charge < -0.3 is 14.6 Å². The maximum absolute atomic E-state index is 12.3. The molecule has 29 heavy (non-hydrogen) atoms. The van der Waals surface area contributed by atoms with E-state index in [4.69, 9.17) is 4.74 Å². The highest BCUT2D eigenvalue weighted by Crippen LogP contribution is 2.24. The van der Waals surface area contributed by atoms with Gasteiger partial charge in [-0.3, -0.25) is 4.79 Å². The van der Waals surface area contributed by atoms with E-state index in [2.05, 4.69) is 26.6 Å². The highest BCUT2D eigenvalue weighted by molar-refractivity contribution is 7.99. The summed E-state index contributed by atoms with van der Waals surface area (Å²) in [5.41, 5.74) is 0.542. The van der Waals surface area contributed by atoms with E-state index in [1.54, 1.807) is 25.2 Å². The molecule has 154 valence electrons. The topological polar surface area (TPSA) is 99.0 Å². The number of esters is 1. The van der Waals surface area contributed by atoms with Crippen molar-refractivity contribution in [2.45, 2.75) is 38.9 Å². The number of rotatable bonds is 9. The van der Waals surface area contributed by atoms with Crippen molar-refractivity contribution in [2.24, 2.45) is 0 Å². The third-order valence-corrected chi connectivity index (χ3v) is 6.75. The van der Waals surface area contributed by atoms with E-state index in [0.717, 1.165) is 30.1 Å². The van der Waals surface area contributed by atoms with Crippen LogP contribution in [0.5, 0.6) is 0 Å². The van der Waals surface area contributed by atoms with E-state index in [-0.39, 0.29) is 11.7 Å². The standard InChI is InChI=1S/C18H21N5O3S3/c1-4-23-13(9-12-7-6-8-27-12)21-22-18(23)28-10-14(24)20-17-19-11(3)15(29-17)16(25)26-5-2/h6-8H,4-5,9-10H2,1-3H3,(H,19,20,24). The fourth-order valence-corrected chi connectivity index (χ4v) is 4.96. The number of thioether (sulfide) groups is 1. The molecule has 0 aromatic carbocycles. The van der Waals surface area contributed by atoms with Crippen LogP contribution >= 0.6 is 34.4 Å². The predicted octanol–water partition coefficient (Wildman–Crippen LogP) is 3.62. The number of hydrogen-bond acceptors (Lipinski definition) is 9. The van der Waals surface area contributed by atoms with Crippen LogP contribution in [0.4, 0.5) is 5.13 Å². The number of ether oxygens (including phenoxy) is 1. The molecule has 0 aliphatic rings. The van der Waals surface area contributed by atoms with Gasteiger partial charge in [0.15, 0.2) is 10.3 Å². The minimum Gasteiger partial charge on any atom is -0.462 e. The number of carbonyl (C=O) groups excluding carboxylic acids is 2. The second-order valence-electron chi connectivity index (χ2n) is 5.89. The monoisotopic (exact) mass is 451 g/mol. The van der Waals surface area contributed by atoms with Crippen LogP contribution in [-0.2, 0) is 22.5 Å². The lowest BCUT2D eigenvalue weighted by Crippen LogP contribution is -2.14. The number of amides is 1. The first-order valence-electron chi connectivity index (χ1n) is 9.03. The van der Waals surface area contributed by atoms with Gasteiger partial charge in [-0.15, -0.1) is 21.5 Å². The van der Waals surface area contributed by atoms with Crippen molar-refractivity contribution in [3.8, 4) is 0 Å². The number of nitrogens with one attached hydrogen (secondary N) is 1. The third kappa shape index (κ3) is 5.43. The quantitative estimate of drug-likeness (QED) is 0.392. The van der Waals surface area contributed by atoms with E-state index in [1.165, 1.54) is 16.6 Å². The van der Waals surface area contributed by atoms with Crippen molar-refractivity contribution in [3.05, 3.63) is 38.8 Å². The first kappa shape index (κ1) is 21.5. The summed E-state index contributed by atoms with van der Waals surface area (Å²) in [6.45, 7) is 6.51. The Kier molecular flexibility index (Phi) is 7.40. The van der Waals surface area contributed by atoms with Gasteiger partial charge in [-0.2, -0.15) is 0 Å². The van der Waals surface area contributed by atoms with Crippen LogP contribution < -0.4 is 5.32 Å². The Labute approximate surface area is 180 Å². The second-order valence-corrected chi connectivity index (χ2v) is 8.86. The molecule has 3 aromatic rings. The van der Waals surface area contributed by atoms with E-state index in [9.17, 15) is 9.59 Å². The Balaban J connectivity index is 1.59. The molecule has 0 aliphatic heterocycles. The maximum Gasteiger partial charge on any atom is 0.350 e. The Morgan fingerprint density at radius 1 is 1.31 bits per heavy atom. The van der Waals surface area contributed by atoms with Crippen LogP contribution in [0.1, 0.15) is 39.9 Å². The average molecular weight is 452 g/mol. The number of carbonyl (C=O) groups is 2. The zero-order valence-corrected chi connectivity index (χ0v) is 18.7. The molecule has 8 nitrogen and oxygen atoms in total. The summed E-state index contributed by atoms with van der Waals surface area (Å²) in [5.74, 6) is 0.411. The van der Waals surface area contributed by atoms with Crippen LogP contribution in [-0.4, -0.2) is 44.0 Å². The minimum atomic E-state index is -0.424. The largest absolute Gasteiger partial charge is 0.462 e. The number of hydrogen-bond donors (Lipinski definition) is 1. The number of aryl methyl sites for hydroxylation is 1. The van der Waals surface area contributed by atoms with Crippen molar-refractivity contribution in [2.75, 3.05) is 17.7 Å². The smallest absolute Gasteiger partial charge is 0.350 e. The highest BCUT2D eigenvalue weighted by atomic mass is 32.2. The zero-order chi connectivity index (χ0) is 20.8. The van der Waals surface area contributed by atoms with Gasteiger partial charge in [0.25, 0.3) is 0 Å². The van der Waals surface area contributed by atoms with Gasteiger partial charge in [-0.25, -0.2) is 9.78 Å². The van der Waals surface area contributed by atoms with Gasteiger partial charge >= 0.3 is 5.97 Å². The van der Waals surface area contributed by atoms with E-state index in [1.807, 2.05) is 22.9 Å². The Hall–Kier alpha value is -2.24. The molecule has 1 N–H and O–H groups in total. The fourth-order valence-electron chi connectivity index (χ4n) is 2.56. The summed E-state index contributed by atoms with van der Waals surface area (Å²) in [6, 6.07) is 4.08. The lowest BCUT2D eigenvalue weighted by Gasteiger charge is -2.06. The molecule has 0 radical (unpaired) electrons. The molecule has 0 spiro atoms. The van der Waals surface area contributed by atoms with Gasteiger partial charge in [0.05, 0.1) is 18.1 Å². The molecule has 0 aliphatic carbocycles. The molecule has 11 heteroatoms. The van der Waals surface area contributed by atoms with Crippen molar-refractivity contribution in [1.29, 1.82) is 0 Å². The first-order chi connectivity index (χ1) is 14.0. The Bertz CT molecular complexity index is 981. The summed E-state index contributed by atoms with van der Waals surface area (Å²) < 4.78 is 7.01. The third-order valence-electron chi connectivity index (χ3n) is 3.86. The fraction of sp³-hybridized carbons (Fsp3) is 0.389. The molecule has 3 heterocycles. The summed E-state index contributed by atoms with van der Waals surface area (Å²) in [6.07, 6.45) is 0.723. The van der Waals surface area contributed by atoms with E-state index >= 15 is 0 Å². The Morgan fingerprint density at radius 3 is 2.83 bits per heavy atom. The summed E-state index contributed by atoms with van der Waals surface area (Å²) in [5, 5.41) is 14.4. The molecule has 3 rings (SSSR count). The van der Waals surface area contributed by atoms with Crippen molar-refractivity contribution >= 4 is 51.4 Å². The maximum atomic E-state index is 12.3. The first-order valence-corrected chi connectivity index (χ1v) is 11.7. The van der Waals surface area contributed by atoms with Crippen LogP contribution in [0, 0.1) is 6.92 Å². The number of aromatic nitrogens is 4. The average Bonchev–Trinajstić information content (AvgIpc) is 3.41. The highest BCUT2D eigenvalue weighted by Gasteiger charge is 2.18. The molecular weight excluding hydrogens is 430 g/mol. The predicted molar refractivity (Wildman–Crippen MR) is 115 cm³/mol. The van der Waals surface area contributed by atoms with Gasteiger partial charge in [0, 0.05) is 17.8 Å². The van der Waals surface area contributed by atoms with Crippen LogP contribution in [0.2, 0.25) is 0 Å². The van der Waals surface area contributed by atoms with Gasteiger partial charge in [0.2, 0.25) is 5.91 Å². The molecular formula is C18H21N5O3S3. The molecule has 0 unspecified atom stereocenters. The molecule has 1 amide bonds. The number of nitrogens with zero attached hydrogens (tertiary/aromatic N) is 4. The Morgan fingerprint density at radius 2 is 2.14 bits per heavy atom. The molecule has 0 atom stereocenters. The van der Waals surface area contributed by atoms with Crippen molar-refractivity contribution in [1.82, 2.24) is 19.7 Å². The molecule has 0 bridgehead atoms. The summed E-state index contributed by atoms with van der Waals surface area (Å²) >= 11 is 4.12. The second kappa shape index (κ2) is 9.99. The molecule has 3 aromatic heterocycles. The lowest BCUT2D eigenvalue weighted by atomic mass is 10.3. The van der Waals surface area contributed by atoms with Crippen molar-refractivity contribution in [3.63, 3.8) is 0 Å². The van der Waals surface area contributed by atoms with Crippen LogP contribution in [0.15, 0.2) is 22.7 Å². The number of thiophene rings is 1. The SMILES string of the molecule is CCOC(=O)c1sc(NC(=O)CSc2nnc(Cc3cccs3)n2CC)nc1C. The van der Waals surface area contributed by atoms with Gasteiger partial charge in [-0.1, -0.05) is 29.2 Å². The molecule has 0 saturated heterocycles. The van der Waals surface area contributed by atoms with E-state index < -0.39 is 5.97 Å².